The summed E-state index contributed by atoms with van der Waals surface area (Å²) in [6.45, 7) is 4.28. The number of rotatable bonds is 3. The van der Waals surface area contributed by atoms with Gasteiger partial charge in [0, 0.05) is 19.0 Å². The molecule has 0 bridgehead atoms. The molecule has 0 saturated carbocycles. The largest absolute Gasteiger partial charge is 0.494 e. The molecule has 3 nitrogen and oxygen atoms in total. The third-order valence-corrected chi connectivity index (χ3v) is 3.00. The molecule has 1 heterocycles. The van der Waals surface area contributed by atoms with Crippen molar-refractivity contribution in [3.05, 3.63) is 29.8 Å². The second-order valence-corrected chi connectivity index (χ2v) is 3.97. The van der Waals surface area contributed by atoms with Gasteiger partial charge in [-0.1, -0.05) is 18.2 Å². The fourth-order valence-electron chi connectivity index (χ4n) is 2.21. The Hall–Kier alpha value is -1.53. The molecule has 0 amide bonds. The van der Waals surface area contributed by atoms with E-state index in [1.807, 2.05) is 25.1 Å². The summed E-state index contributed by atoms with van der Waals surface area (Å²) < 4.78 is 5.61. The van der Waals surface area contributed by atoms with Gasteiger partial charge in [-0.3, -0.25) is 0 Å². The fraction of sp³-hybridized carbons (Fsp3) is 0.462. The molecule has 1 N–H and O–H groups in total. The summed E-state index contributed by atoms with van der Waals surface area (Å²) in [6.07, 6.45) is 0. The maximum Gasteiger partial charge on any atom is 0.122 e. The number of benzene rings is 1. The van der Waals surface area contributed by atoms with Crippen LogP contribution in [0.5, 0.6) is 5.75 Å². The van der Waals surface area contributed by atoms with Crippen molar-refractivity contribution in [2.75, 3.05) is 19.7 Å². The van der Waals surface area contributed by atoms with Crippen molar-refractivity contribution in [3.63, 3.8) is 0 Å². The Morgan fingerprint density at radius 2 is 2.25 bits per heavy atom. The van der Waals surface area contributed by atoms with Gasteiger partial charge in [-0.05, 0) is 18.6 Å². The monoisotopic (exact) mass is 216 g/mol. The molecule has 0 aromatic heterocycles. The van der Waals surface area contributed by atoms with Crippen LogP contribution in [0, 0.1) is 17.2 Å². The molecule has 2 rings (SSSR count). The van der Waals surface area contributed by atoms with Gasteiger partial charge in [0.2, 0.25) is 0 Å². The first-order chi connectivity index (χ1) is 7.86. The quantitative estimate of drug-likeness (QED) is 0.839. The SMILES string of the molecule is CCOc1ccccc1[C@@H]1CNC[C@@H]1C#N. The minimum atomic E-state index is 0.0570. The molecule has 0 radical (unpaired) electrons. The standard InChI is InChI=1S/C13H16N2O/c1-2-16-13-6-4-3-5-11(13)12-9-15-8-10(12)7-14/h3-6,10,12,15H,2,8-9H2,1H3/t10-,12+/m0/s1. The van der Waals surface area contributed by atoms with E-state index in [0.29, 0.717) is 6.61 Å². The molecule has 84 valence electrons. The van der Waals surface area contributed by atoms with E-state index in [4.69, 9.17) is 10.00 Å². The molecule has 1 aromatic carbocycles. The highest BCUT2D eigenvalue weighted by molar-refractivity contribution is 5.38. The van der Waals surface area contributed by atoms with Crippen LogP contribution in [0.2, 0.25) is 0 Å². The third kappa shape index (κ3) is 2.02. The number of para-hydroxylation sites is 1. The highest BCUT2D eigenvalue weighted by Gasteiger charge is 2.30. The molecule has 16 heavy (non-hydrogen) atoms. The average Bonchev–Trinajstić information content (AvgIpc) is 2.78. The summed E-state index contributed by atoms with van der Waals surface area (Å²) in [7, 11) is 0. The number of hydrogen-bond donors (Lipinski definition) is 1. The van der Waals surface area contributed by atoms with E-state index in [9.17, 15) is 0 Å². The molecule has 1 fully saturated rings. The molecule has 0 aliphatic carbocycles. The summed E-state index contributed by atoms with van der Waals surface area (Å²) in [4.78, 5) is 0. The van der Waals surface area contributed by atoms with Crippen LogP contribution in [0.1, 0.15) is 18.4 Å². The average molecular weight is 216 g/mol. The molecule has 1 aliphatic heterocycles. The summed E-state index contributed by atoms with van der Waals surface area (Å²) in [6, 6.07) is 10.4. The van der Waals surface area contributed by atoms with E-state index in [0.717, 1.165) is 24.4 Å². The Labute approximate surface area is 96.0 Å². The van der Waals surface area contributed by atoms with Crippen molar-refractivity contribution in [1.29, 1.82) is 5.26 Å². The zero-order valence-electron chi connectivity index (χ0n) is 9.44. The predicted molar refractivity (Wildman–Crippen MR) is 62.3 cm³/mol. The van der Waals surface area contributed by atoms with Gasteiger partial charge in [-0.15, -0.1) is 0 Å². The molecule has 3 heteroatoms. The van der Waals surface area contributed by atoms with Crippen molar-refractivity contribution in [2.45, 2.75) is 12.8 Å². The Balaban J connectivity index is 2.29. The first-order valence-electron chi connectivity index (χ1n) is 5.69. The summed E-state index contributed by atoms with van der Waals surface area (Å²) in [5, 5.41) is 12.4. The van der Waals surface area contributed by atoms with Crippen LogP contribution in [-0.4, -0.2) is 19.7 Å². The minimum absolute atomic E-state index is 0.0570. The Bertz CT molecular complexity index is 397. The fourth-order valence-corrected chi connectivity index (χ4v) is 2.21. The topological polar surface area (TPSA) is 45.0 Å². The van der Waals surface area contributed by atoms with Gasteiger partial charge in [-0.2, -0.15) is 5.26 Å². The van der Waals surface area contributed by atoms with Gasteiger partial charge in [-0.25, -0.2) is 0 Å². The Morgan fingerprint density at radius 3 is 3.00 bits per heavy atom. The highest BCUT2D eigenvalue weighted by Crippen LogP contribution is 2.33. The highest BCUT2D eigenvalue weighted by atomic mass is 16.5. The van der Waals surface area contributed by atoms with Gasteiger partial charge >= 0.3 is 0 Å². The molecule has 0 spiro atoms. The lowest BCUT2D eigenvalue weighted by Gasteiger charge is -2.17. The van der Waals surface area contributed by atoms with Crippen LogP contribution in [-0.2, 0) is 0 Å². The van der Waals surface area contributed by atoms with Crippen molar-refractivity contribution in [2.24, 2.45) is 5.92 Å². The normalized spacial score (nSPS) is 24.0. The Morgan fingerprint density at radius 1 is 1.44 bits per heavy atom. The molecule has 2 atom stereocenters. The predicted octanol–water partition coefficient (Wildman–Crippen LogP) is 1.91. The summed E-state index contributed by atoms with van der Waals surface area (Å²) in [5.41, 5.74) is 1.15. The van der Waals surface area contributed by atoms with Crippen LogP contribution >= 0.6 is 0 Å². The van der Waals surface area contributed by atoms with Crippen LogP contribution in [0.3, 0.4) is 0 Å². The molecule has 0 unspecified atom stereocenters. The molecule has 1 saturated heterocycles. The van der Waals surface area contributed by atoms with E-state index >= 15 is 0 Å². The summed E-state index contributed by atoms with van der Waals surface area (Å²) >= 11 is 0. The van der Waals surface area contributed by atoms with E-state index in [1.54, 1.807) is 0 Å². The summed E-state index contributed by atoms with van der Waals surface area (Å²) in [5.74, 6) is 1.23. The molecule has 1 aromatic rings. The first kappa shape index (κ1) is 11.0. The number of hydrogen-bond acceptors (Lipinski definition) is 3. The lowest BCUT2D eigenvalue weighted by atomic mass is 9.89. The third-order valence-electron chi connectivity index (χ3n) is 3.00. The maximum absolute atomic E-state index is 9.09. The second-order valence-electron chi connectivity index (χ2n) is 3.97. The van der Waals surface area contributed by atoms with Crippen LogP contribution < -0.4 is 10.1 Å². The maximum atomic E-state index is 9.09. The van der Waals surface area contributed by atoms with Gasteiger partial charge in [0.25, 0.3) is 0 Å². The second kappa shape index (κ2) is 5.00. The van der Waals surface area contributed by atoms with Crippen LogP contribution in [0.15, 0.2) is 24.3 Å². The number of nitriles is 1. The van der Waals surface area contributed by atoms with E-state index in [2.05, 4.69) is 17.5 Å². The van der Waals surface area contributed by atoms with Gasteiger partial charge < -0.3 is 10.1 Å². The van der Waals surface area contributed by atoms with E-state index < -0.39 is 0 Å². The molecular formula is C13H16N2O. The van der Waals surface area contributed by atoms with E-state index in [1.165, 1.54) is 0 Å². The van der Waals surface area contributed by atoms with Crippen molar-refractivity contribution < 1.29 is 4.74 Å². The lowest BCUT2D eigenvalue weighted by molar-refractivity contribution is 0.333. The van der Waals surface area contributed by atoms with Gasteiger partial charge in [0.1, 0.15) is 5.75 Å². The zero-order chi connectivity index (χ0) is 11.4. The lowest BCUT2D eigenvalue weighted by Crippen LogP contribution is -2.10. The van der Waals surface area contributed by atoms with Gasteiger partial charge in [0.15, 0.2) is 0 Å². The van der Waals surface area contributed by atoms with Crippen LogP contribution in [0.4, 0.5) is 0 Å². The van der Waals surface area contributed by atoms with Crippen molar-refractivity contribution >= 4 is 0 Å². The molecule has 1 aliphatic rings. The smallest absolute Gasteiger partial charge is 0.122 e. The van der Waals surface area contributed by atoms with Crippen LogP contribution in [0.25, 0.3) is 0 Å². The first-order valence-corrected chi connectivity index (χ1v) is 5.69. The number of nitrogens with zero attached hydrogens (tertiary/aromatic N) is 1. The van der Waals surface area contributed by atoms with Gasteiger partial charge in [0.05, 0.1) is 18.6 Å². The van der Waals surface area contributed by atoms with E-state index in [-0.39, 0.29) is 11.8 Å². The van der Waals surface area contributed by atoms with Crippen molar-refractivity contribution in [3.8, 4) is 11.8 Å². The number of nitrogens with one attached hydrogen (secondary N) is 1. The zero-order valence-corrected chi connectivity index (χ0v) is 9.44. The number of ether oxygens (including phenoxy) is 1. The van der Waals surface area contributed by atoms with Crippen molar-refractivity contribution in [1.82, 2.24) is 5.32 Å². The Kier molecular flexibility index (Phi) is 3.43. The minimum Gasteiger partial charge on any atom is -0.494 e. The molecular weight excluding hydrogens is 200 g/mol.